The summed E-state index contributed by atoms with van der Waals surface area (Å²) in [4.78, 5) is 25.7. The van der Waals surface area contributed by atoms with Crippen LogP contribution in [0.5, 0.6) is 0 Å². The van der Waals surface area contributed by atoms with E-state index < -0.39 is 10.8 Å². The summed E-state index contributed by atoms with van der Waals surface area (Å²) in [6, 6.07) is 1.15. The highest BCUT2D eigenvalue weighted by Gasteiger charge is 2.42. The van der Waals surface area contributed by atoms with Crippen molar-refractivity contribution >= 4 is 29.2 Å². The zero-order valence-corrected chi connectivity index (χ0v) is 11.2. The third kappa shape index (κ3) is 2.95. The lowest BCUT2D eigenvalue weighted by Gasteiger charge is -2.13. The molecule has 0 spiro atoms. The van der Waals surface area contributed by atoms with E-state index in [1.165, 1.54) is 0 Å². The molecule has 3 N–H and O–H groups in total. The van der Waals surface area contributed by atoms with Gasteiger partial charge < -0.3 is 11.1 Å². The lowest BCUT2D eigenvalue weighted by molar-refractivity contribution is -0.385. The summed E-state index contributed by atoms with van der Waals surface area (Å²) in [5.41, 5.74) is 5.38. The van der Waals surface area contributed by atoms with Gasteiger partial charge in [0.15, 0.2) is 0 Å². The van der Waals surface area contributed by atoms with Crippen LogP contribution in [0.4, 0.5) is 11.5 Å². The molecule has 0 atom stereocenters. The van der Waals surface area contributed by atoms with E-state index in [2.05, 4.69) is 10.3 Å². The number of carbonyl (C=O) groups is 1. The molecule has 19 heavy (non-hydrogen) atoms. The summed E-state index contributed by atoms with van der Waals surface area (Å²) in [5, 5.41) is 13.4. The van der Waals surface area contributed by atoms with Gasteiger partial charge in [0.2, 0.25) is 0 Å². The molecule has 0 radical (unpaired) electrons. The highest BCUT2D eigenvalue weighted by molar-refractivity contribution is 8.00. The first-order chi connectivity index (χ1) is 8.97. The van der Waals surface area contributed by atoms with Crippen molar-refractivity contribution in [2.75, 3.05) is 18.5 Å². The van der Waals surface area contributed by atoms with E-state index >= 15 is 0 Å². The first-order valence-corrected chi connectivity index (χ1v) is 6.93. The number of nitrogen functional groups attached to an aromatic ring is 1. The zero-order chi connectivity index (χ0) is 14.0. The SMILES string of the molecule is CSC1(CNC(=O)c2cc([N+](=O)[O-])cnc2N)CC1. The van der Waals surface area contributed by atoms with E-state index in [9.17, 15) is 14.9 Å². The number of pyridine rings is 1. The summed E-state index contributed by atoms with van der Waals surface area (Å²) in [5.74, 6) is -0.425. The number of anilines is 1. The molecule has 0 aliphatic heterocycles. The van der Waals surface area contributed by atoms with Crippen molar-refractivity contribution in [3.05, 3.63) is 27.9 Å². The van der Waals surface area contributed by atoms with E-state index in [0.717, 1.165) is 25.1 Å². The number of hydrogen-bond donors (Lipinski definition) is 2. The van der Waals surface area contributed by atoms with Crippen molar-refractivity contribution in [3.8, 4) is 0 Å². The highest BCUT2D eigenvalue weighted by atomic mass is 32.2. The van der Waals surface area contributed by atoms with Crippen LogP contribution in [0.25, 0.3) is 0 Å². The van der Waals surface area contributed by atoms with Crippen LogP contribution in [0.15, 0.2) is 12.3 Å². The number of carbonyl (C=O) groups excluding carboxylic acids is 1. The Morgan fingerprint density at radius 2 is 2.37 bits per heavy atom. The van der Waals surface area contributed by atoms with Gasteiger partial charge in [-0.1, -0.05) is 0 Å². The fraction of sp³-hybridized carbons (Fsp3) is 0.455. The van der Waals surface area contributed by atoms with Crippen LogP contribution in [-0.2, 0) is 0 Å². The smallest absolute Gasteiger partial charge is 0.288 e. The van der Waals surface area contributed by atoms with Gasteiger partial charge in [-0.15, -0.1) is 0 Å². The number of amides is 1. The van der Waals surface area contributed by atoms with E-state index in [4.69, 9.17) is 5.73 Å². The highest BCUT2D eigenvalue weighted by Crippen LogP contribution is 2.46. The molecular formula is C11H14N4O3S. The third-order valence-electron chi connectivity index (χ3n) is 3.17. The molecule has 0 unspecified atom stereocenters. The summed E-state index contributed by atoms with van der Waals surface area (Å²) in [6.45, 7) is 0.537. The topological polar surface area (TPSA) is 111 Å². The van der Waals surface area contributed by atoms with Gasteiger partial charge in [0.05, 0.1) is 10.5 Å². The number of nitrogens with one attached hydrogen (secondary N) is 1. The molecular weight excluding hydrogens is 268 g/mol. The predicted octanol–water partition coefficient (Wildman–Crippen LogP) is 1.20. The van der Waals surface area contributed by atoms with E-state index in [0.29, 0.717) is 6.54 Å². The fourth-order valence-electron chi connectivity index (χ4n) is 1.68. The molecule has 1 amide bonds. The molecule has 2 rings (SSSR count). The number of thioether (sulfide) groups is 1. The largest absolute Gasteiger partial charge is 0.383 e. The molecule has 8 heteroatoms. The van der Waals surface area contributed by atoms with E-state index in [1.54, 1.807) is 11.8 Å². The number of nitrogens with two attached hydrogens (primary N) is 1. The first kappa shape index (κ1) is 13.6. The monoisotopic (exact) mass is 282 g/mol. The zero-order valence-electron chi connectivity index (χ0n) is 10.4. The molecule has 0 bridgehead atoms. The molecule has 102 valence electrons. The van der Waals surface area contributed by atoms with Crippen LogP contribution < -0.4 is 11.1 Å². The molecule has 1 fully saturated rings. The van der Waals surface area contributed by atoms with Gasteiger partial charge in [-0.3, -0.25) is 14.9 Å². The quantitative estimate of drug-likeness (QED) is 0.620. The van der Waals surface area contributed by atoms with Gasteiger partial charge in [0, 0.05) is 17.4 Å². The summed E-state index contributed by atoms with van der Waals surface area (Å²) in [6.07, 6.45) is 5.17. The second-order valence-corrected chi connectivity index (χ2v) is 5.73. The first-order valence-electron chi connectivity index (χ1n) is 5.71. The van der Waals surface area contributed by atoms with Crippen LogP contribution in [0.1, 0.15) is 23.2 Å². The Labute approximate surface area is 114 Å². The summed E-state index contributed by atoms with van der Waals surface area (Å²) in [7, 11) is 0. The standard InChI is InChI=1S/C11H14N4O3S/c1-19-11(2-3-11)6-14-10(16)8-4-7(15(17)18)5-13-9(8)12/h4-5H,2-3,6H2,1H3,(H2,12,13)(H,14,16). The van der Waals surface area contributed by atoms with Crippen LogP contribution in [-0.4, -0.2) is 33.4 Å². The van der Waals surface area contributed by atoms with Crippen molar-refractivity contribution in [2.45, 2.75) is 17.6 Å². The lowest BCUT2D eigenvalue weighted by atomic mass is 10.2. The lowest BCUT2D eigenvalue weighted by Crippen LogP contribution is -2.32. The normalized spacial score (nSPS) is 15.8. The molecule has 0 saturated heterocycles. The molecule has 1 aromatic rings. The number of nitrogens with zero attached hydrogens (tertiary/aromatic N) is 2. The van der Waals surface area contributed by atoms with Gasteiger partial charge >= 0.3 is 0 Å². The number of nitro groups is 1. The van der Waals surface area contributed by atoms with Crippen molar-refractivity contribution in [2.24, 2.45) is 0 Å². The second kappa shape index (κ2) is 5.04. The van der Waals surface area contributed by atoms with Crippen molar-refractivity contribution < 1.29 is 9.72 Å². The molecule has 1 saturated carbocycles. The Morgan fingerprint density at radius 1 is 1.68 bits per heavy atom. The van der Waals surface area contributed by atoms with Crippen molar-refractivity contribution in [1.29, 1.82) is 0 Å². The second-order valence-electron chi connectivity index (χ2n) is 4.45. The maximum Gasteiger partial charge on any atom is 0.288 e. The van der Waals surface area contributed by atoms with Gasteiger partial charge in [-0.05, 0) is 19.1 Å². The van der Waals surface area contributed by atoms with Gasteiger partial charge in [-0.25, -0.2) is 4.98 Å². The van der Waals surface area contributed by atoms with Crippen LogP contribution >= 0.6 is 11.8 Å². The third-order valence-corrected chi connectivity index (χ3v) is 4.59. The maximum atomic E-state index is 12.0. The average Bonchev–Trinajstić information content (AvgIpc) is 3.17. The summed E-state index contributed by atoms with van der Waals surface area (Å²) >= 11 is 1.72. The molecule has 1 aromatic heterocycles. The Balaban J connectivity index is 2.10. The Morgan fingerprint density at radius 3 is 2.89 bits per heavy atom. The molecule has 1 aliphatic carbocycles. The fourth-order valence-corrected chi connectivity index (χ4v) is 2.40. The van der Waals surface area contributed by atoms with Crippen LogP contribution in [0.3, 0.4) is 0 Å². The van der Waals surface area contributed by atoms with Gasteiger partial charge in [-0.2, -0.15) is 11.8 Å². The summed E-state index contributed by atoms with van der Waals surface area (Å²) < 4.78 is 0.124. The van der Waals surface area contributed by atoms with Crippen molar-refractivity contribution in [3.63, 3.8) is 0 Å². The average molecular weight is 282 g/mol. The predicted molar refractivity (Wildman–Crippen MR) is 73.1 cm³/mol. The van der Waals surface area contributed by atoms with Crippen LogP contribution in [0.2, 0.25) is 0 Å². The van der Waals surface area contributed by atoms with Crippen LogP contribution in [0, 0.1) is 10.1 Å². The molecule has 0 aromatic carbocycles. The van der Waals surface area contributed by atoms with E-state index in [1.807, 2.05) is 6.26 Å². The van der Waals surface area contributed by atoms with Crippen molar-refractivity contribution in [1.82, 2.24) is 10.3 Å². The Bertz CT molecular complexity index is 531. The Kier molecular flexibility index (Phi) is 3.61. The molecule has 1 aliphatic rings. The van der Waals surface area contributed by atoms with Gasteiger partial charge in [0.25, 0.3) is 11.6 Å². The Hall–Kier alpha value is -1.83. The minimum atomic E-state index is -0.604. The minimum absolute atomic E-state index is 0.00269. The van der Waals surface area contributed by atoms with E-state index in [-0.39, 0.29) is 21.8 Å². The number of hydrogen-bond acceptors (Lipinski definition) is 6. The number of aromatic nitrogens is 1. The number of rotatable bonds is 5. The van der Waals surface area contributed by atoms with Gasteiger partial charge in [0.1, 0.15) is 12.0 Å². The minimum Gasteiger partial charge on any atom is -0.383 e. The maximum absolute atomic E-state index is 12.0. The molecule has 1 heterocycles. The molecule has 7 nitrogen and oxygen atoms in total.